The molecule has 0 aliphatic heterocycles. The van der Waals surface area contributed by atoms with E-state index in [-0.39, 0.29) is 32.7 Å². The first-order valence-electron chi connectivity index (χ1n) is 12.2. The van der Waals surface area contributed by atoms with Crippen LogP contribution < -0.4 is 15.5 Å². The van der Waals surface area contributed by atoms with E-state index in [4.69, 9.17) is 0 Å². The van der Waals surface area contributed by atoms with E-state index in [2.05, 4.69) is 15.6 Å². The average molecular weight is 495 g/mol. The molecule has 3 aromatic rings. The van der Waals surface area contributed by atoms with Gasteiger partial charge in [0.15, 0.2) is 0 Å². The maximum atomic E-state index is 14.3. The van der Waals surface area contributed by atoms with Crippen molar-refractivity contribution in [3.05, 3.63) is 89.8 Å². The van der Waals surface area contributed by atoms with Crippen LogP contribution in [-0.4, -0.2) is 29.4 Å². The predicted molar refractivity (Wildman–Crippen MR) is 137 cm³/mol. The Balaban J connectivity index is 0.00000200. The second-order valence-corrected chi connectivity index (χ2v) is 9.63. The summed E-state index contributed by atoms with van der Waals surface area (Å²) in [5.74, 6) is -0.757. The van der Waals surface area contributed by atoms with E-state index in [0.29, 0.717) is 17.4 Å². The second kappa shape index (κ2) is 10.0. The van der Waals surface area contributed by atoms with Crippen LogP contribution in [0.4, 0.5) is 20.2 Å². The number of pyridine rings is 1. The van der Waals surface area contributed by atoms with Crippen molar-refractivity contribution in [1.82, 2.24) is 10.3 Å². The largest absolute Gasteiger partial charge is 0.372 e. The molecule has 5 rings (SSSR count). The number of aryl methyl sites for hydroxylation is 1. The lowest BCUT2D eigenvalue weighted by atomic mass is 9.97. The SMILES string of the molecule is Cc1ccccc1C(C(=O)NC1CC2CC2C1)N(C(=O)CNc1cccnc1F)c1cccc(F)c1.[HH].[HH]. The van der Waals surface area contributed by atoms with E-state index < -0.39 is 23.7 Å². The molecule has 0 bridgehead atoms. The van der Waals surface area contributed by atoms with Crippen LogP contribution in [0.3, 0.4) is 0 Å². The zero-order valence-corrected chi connectivity index (χ0v) is 20.0. The lowest BCUT2D eigenvalue weighted by Gasteiger charge is -2.33. The van der Waals surface area contributed by atoms with Gasteiger partial charge < -0.3 is 10.6 Å². The Hall–Kier alpha value is -3.81. The zero-order valence-electron chi connectivity index (χ0n) is 20.0. The molecular formula is C28H32F2N4O2. The Morgan fingerprint density at radius 2 is 1.83 bits per heavy atom. The maximum absolute atomic E-state index is 14.3. The summed E-state index contributed by atoms with van der Waals surface area (Å²) < 4.78 is 28.4. The number of hydrogen-bond donors (Lipinski definition) is 2. The highest BCUT2D eigenvalue weighted by atomic mass is 19.1. The number of nitrogens with zero attached hydrogens (tertiary/aromatic N) is 2. The molecule has 0 spiro atoms. The number of aromatic nitrogens is 1. The third-order valence-electron chi connectivity index (χ3n) is 7.12. The molecule has 2 aliphatic rings. The van der Waals surface area contributed by atoms with Crippen molar-refractivity contribution in [2.24, 2.45) is 11.8 Å². The summed E-state index contributed by atoms with van der Waals surface area (Å²) in [6.07, 6.45) is 4.41. The molecule has 2 N–H and O–H groups in total. The van der Waals surface area contributed by atoms with Gasteiger partial charge >= 0.3 is 0 Å². The van der Waals surface area contributed by atoms with Gasteiger partial charge in [-0.3, -0.25) is 14.5 Å². The Kier molecular flexibility index (Phi) is 6.67. The number of hydrogen-bond acceptors (Lipinski definition) is 4. The molecule has 0 radical (unpaired) electrons. The molecule has 1 aromatic heterocycles. The zero-order chi connectivity index (χ0) is 25.2. The van der Waals surface area contributed by atoms with E-state index in [1.165, 1.54) is 41.8 Å². The number of nitrogens with one attached hydrogen (secondary N) is 2. The highest BCUT2D eigenvalue weighted by molar-refractivity contribution is 6.03. The third kappa shape index (κ3) is 5.08. The number of amides is 2. The fraction of sp³-hybridized carbons (Fsp3) is 0.321. The number of halogens is 2. The number of benzene rings is 2. The van der Waals surface area contributed by atoms with Crippen LogP contribution in [0.1, 0.15) is 39.3 Å². The monoisotopic (exact) mass is 494 g/mol. The lowest BCUT2D eigenvalue weighted by molar-refractivity contribution is -0.126. The van der Waals surface area contributed by atoms with Crippen molar-refractivity contribution in [2.75, 3.05) is 16.8 Å². The molecular weight excluding hydrogens is 462 g/mol. The highest BCUT2D eigenvalue weighted by Gasteiger charge is 2.47. The highest BCUT2D eigenvalue weighted by Crippen LogP contribution is 2.51. The summed E-state index contributed by atoms with van der Waals surface area (Å²) in [6.45, 7) is 1.56. The van der Waals surface area contributed by atoms with E-state index in [1.54, 1.807) is 18.2 Å². The first kappa shape index (κ1) is 23.9. The fourth-order valence-electron chi connectivity index (χ4n) is 5.24. The summed E-state index contributed by atoms with van der Waals surface area (Å²) in [5.41, 5.74) is 1.77. The minimum absolute atomic E-state index is 0. The molecule has 2 fully saturated rings. The van der Waals surface area contributed by atoms with Gasteiger partial charge in [-0.25, -0.2) is 9.37 Å². The minimum atomic E-state index is -1.03. The van der Waals surface area contributed by atoms with Gasteiger partial charge in [0.2, 0.25) is 17.8 Å². The molecule has 0 saturated heterocycles. The van der Waals surface area contributed by atoms with Gasteiger partial charge in [-0.2, -0.15) is 4.39 Å². The molecule has 2 aliphatic carbocycles. The summed E-state index contributed by atoms with van der Waals surface area (Å²) in [4.78, 5) is 32.4. The Bertz CT molecular complexity index is 1280. The summed E-state index contributed by atoms with van der Waals surface area (Å²) in [6, 6.07) is 15.0. The van der Waals surface area contributed by atoms with Gasteiger partial charge in [0.05, 0.1) is 12.2 Å². The smallest absolute Gasteiger partial charge is 0.248 e. The molecule has 2 saturated carbocycles. The molecule has 6 nitrogen and oxygen atoms in total. The number of carbonyl (C=O) groups is 2. The first-order chi connectivity index (χ1) is 17.4. The molecule has 36 heavy (non-hydrogen) atoms. The van der Waals surface area contributed by atoms with Crippen molar-refractivity contribution in [1.29, 1.82) is 0 Å². The molecule has 190 valence electrons. The Labute approximate surface area is 211 Å². The number of carbonyl (C=O) groups excluding carboxylic acids is 2. The Morgan fingerprint density at radius 1 is 1.06 bits per heavy atom. The predicted octanol–water partition coefficient (Wildman–Crippen LogP) is 5.26. The minimum Gasteiger partial charge on any atom is -0.372 e. The van der Waals surface area contributed by atoms with Gasteiger partial charge in [0, 0.05) is 20.8 Å². The van der Waals surface area contributed by atoms with Gasteiger partial charge in [0.1, 0.15) is 11.9 Å². The second-order valence-electron chi connectivity index (χ2n) is 9.63. The first-order valence-corrected chi connectivity index (χ1v) is 12.2. The summed E-state index contributed by atoms with van der Waals surface area (Å²) in [7, 11) is 0. The normalized spacial score (nSPS) is 20.8. The molecule has 8 heteroatoms. The van der Waals surface area contributed by atoms with Gasteiger partial charge in [0.25, 0.3) is 0 Å². The molecule has 3 unspecified atom stereocenters. The summed E-state index contributed by atoms with van der Waals surface area (Å²) in [5, 5.41) is 5.92. The number of rotatable bonds is 8. The van der Waals surface area contributed by atoms with Crippen LogP contribution >= 0.6 is 0 Å². The van der Waals surface area contributed by atoms with E-state index in [0.717, 1.165) is 18.4 Å². The van der Waals surface area contributed by atoms with E-state index >= 15 is 0 Å². The fourth-order valence-corrected chi connectivity index (χ4v) is 5.24. The van der Waals surface area contributed by atoms with Crippen LogP contribution in [0.2, 0.25) is 0 Å². The van der Waals surface area contributed by atoms with E-state index in [1.807, 2.05) is 25.1 Å². The van der Waals surface area contributed by atoms with Crippen LogP contribution in [0.15, 0.2) is 66.9 Å². The summed E-state index contributed by atoms with van der Waals surface area (Å²) >= 11 is 0. The van der Waals surface area contributed by atoms with Gasteiger partial charge in [-0.15, -0.1) is 0 Å². The van der Waals surface area contributed by atoms with Crippen molar-refractivity contribution in [2.45, 2.75) is 38.3 Å². The Morgan fingerprint density at radius 3 is 2.56 bits per heavy atom. The van der Waals surface area contributed by atoms with Crippen LogP contribution in [0.5, 0.6) is 0 Å². The van der Waals surface area contributed by atoms with Crippen molar-refractivity contribution >= 4 is 23.2 Å². The van der Waals surface area contributed by atoms with Crippen LogP contribution in [-0.2, 0) is 9.59 Å². The average Bonchev–Trinajstić information content (AvgIpc) is 3.47. The van der Waals surface area contributed by atoms with Crippen molar-refractivity contribution < 1.29 is 21.2 Å². The maximum Gasteiger partial charge on any atom is 0.248 e. The molecule has 2 amide bonds. The van der Waals surface area contributed by atoms with Crippen molar-refractivity contribution in [3.8, 4) is 0 Å². The molecule has 1 heterocycles. The standard InChI is InChI=1S/C28H28F2N4O2.2H2/c1-17-6-2-3-9-23(17)26(28(36)33-21-13-18-12-19(18)14-21)34(22-8-4-7-20(29)15-22)25(35)16-32-24-10-5-11-31-27(24)30;;/h2-11,15,18-19,21,26,32H,12-14,16H2,1H3,(H,33,36);2*1H. The molecule has 3 atom stereocenters. The van der Waals surface area contributed by atoms with Crippen LogP contribution in [0.25, 0.3) is 0 Å². The number of anilines is 2. The third-order valence-corrected chi connectivity index (χ3v) is 7.12. The van der Waals surface area contributed by atoms with E-state index in [9.17, 15) is 18.4 Å². The van der Waals surface area contributed by atoms with Crippen LogP contribution in [0, 0.1) is 30.5 Å². The lowest BCUT2D eigenvalue weighted by Crippen LogP contribution is -2.48. The topological polar surface area (TPSA) is 74.3 Å². The quantitative estimate of drug-likeness (QED) is 0.419. The van der Waals surface area contributed by atoms with Gasteiger partial charge in [-0.1, -0.05) is 30.3 Å². The number of fused-ring (bicyclic) bond motifs is 1. The molecule has 2 aromatic carbocycles. The van der Waals surface area contributed by atoms with Gasteiger partial charge in [-0.05, 0) is 79.5 Å². The van der Waals surface area contributed by atoms with Crippen molar-refractivity contribution in [3.63, 3.8) is 0 Å².